The number of benzene rings is 3. The minimum Gasteiger partial charge on any atom is -0.490 e. The molecule has 0 radical (unpaired) electrons. The van der Waals surface area contributed by atoms with Gasteiger partial charge in [-0.3, -0.25) is 0 Å². The molecule has 2 heterocycles. The molecule has 3 heteroatoms. The van der Waals surface area contributed by atoms with Gasteiger partial charge in [0.25, 0.3) is 0 Å². The van der Waals surface area contributed by atoms with Crippen LogP contribution >= 0.6 is 0 Å². The Kier molecular flexibility index (Phi) is 4.50. The molecule has 2 aromatic heterocycles. The fourth-order valence-electron chi connectivity index (χ4n) is 4.81. The van der Waals surface area contributed by atoms with Gasteiger partial charge in [0, 0.05) is 16.3 Å². The fourth-order valence-corrected chi connectivity index (χ4v) is 4.81. The second-order valence-electron chi connectivity index (χ2n) is 8.84. The lowest BCUT2D eigenvalue weighted by atomic mass is 9.77. The summed E-state index contributed by atoms with van der Waals surface area (Å²) in [5, 5.41) is 2.20. The molecule has 0 N–H and O–H groups in total. The maximum absolute atomic E-state index is 6.42. The van der Waals surface area contributed by atoms with E-state index < -0.39 is 0 Å². The average Bonchev–Trinajstić information content (AvgIpc) is 3.14. The first-order valence-electron chi connectivity index (χ1n) is 11.3. The van der Waals surface area contributed by atoms with E-state index >= 15 is 0 Å². The maximum Gasteiger partial charge on any atom is 0.156 e. The highest BCUT2D eigenvalue weighted by Gasteiger charge is 2.32. The van der Waals surface area contributed by atoms with E-state index in [1.807, 2.05) is 24.3 Å². The monoisotopic (exact) mass is 419 g/mol. The number of nitrogens with zero attached hydrogens (tertiary/aromatic N) is 1. The van der Waals surface area contributed by atoms with Crippen molar-refractivity contribution < 1.29 is 9.15 Å². The zero-order chi connectivity index (χ0) is 21.7. The molecule has 0 unspecified atom stereocenters. The Hall–Kier alpha value is -3.59. The summed E-state index contributed by atoms with van der Waals surface area (Å²) in [4.78, 5) is 5.00. The molecule has 1 aliphatic carbocycles. The molecule has 6 rings (SSSR count). The van der Waals surface area contributed by atoms with E-state index in [-0.39, 0.29) is 6.10 Å². The van der Waals surface area contributed by atoms with Gasteiger partial charge < -0.3 is 9.15 Å². The molecule has 5 aromatic rings. The highest BCUT2D eigenvalue weighted by atomic mass is 16.5. The minimum atomic E-state index is 0.253. The third-order valence-electron chi connectivity index (χ3n) is 6.75. The van der Waals surface area contributed by atoms with Crippen molar-refractivity contribution in [1.29, 1.82) is 0 Å². The molecule has 0 saturated heterocycles. The Morgan fingerprint density at radius 2 is 1.59 bits per heavy atom. The lowest BCUT2D eigenvalue weighted by Gasteiger charge is -2.36. The highest BCUT2D eigenvalue weighted by Crippen LogP contribution is 2.41. The van der Waals surface area contributed by atoms with Gasteiger partial charge in [-0.25, -0.2) is 4.98 Å². The maximum atomic E-state index is 6.42. The van der Waals surface area contributed by atoms with Crippen LogP contribution in [0.4, 0.5) is 0 Å². The van der Waals surface area contributed by atoms with Crippen LogP contribution in [0, 0.1) is 13.8 Å². The van der Waals surface area contributed by atoms with Gasteiger partial charge in [0.2, 0.25) is 0 Å². The molecule has 3 aromatic carbocycles. The predicted molar refractivity (Wildman–Crippen MR) is 129 cm³/mol. The summed E-state index contributed by atoms with van der Waals surface area (Å²) in [7, 11) is 0. The molecule has 0 bridgehead atoms. The number of para-hydroxylation sites is 1. The van der Waals surface area contributed by atoms with E-state index in [9.17, 15) is 0 Å². The number of fused-ring (bicyclic) bond motifs is 2. The third-order valence-corrected chi connectivity index (χ3v) is 6.75. The van der Waals surface area contributed by atoms with Crippen LogP contribution in [0.5, 0.6) is 5.75 Å². The molecule has 0 amide bonds. The molecule has 1 saturated carbocycles. The lowest BCUT2D eigenvalue weighted by Crippen LogP contribution is -2.32. The minimum absolute atomic E-state index is 0.253. The third kappa shape index (κ3) is 3.16. The van der Waals surface area contributed by atoms with E-state index in [1.165, 1.54) is 5.56 Å². The van der Waals surface area contributed by atoms with Gasteiger partial charge in [-0.1, -0.05) is 54.6 Å². The van der Waals surface area contributed by atoms with E-state index in [1.54, 1.807) is 0 Å². The summed E-state index contributed by atoms with van der Waals surface area (Å²) < 4.78 is 12.6. The zero-order valence-corrected chi connectivity index (χ0v) is 18.3. The highest BCUT2D eigenvalue weighted by molar-refractivity contribution is 5.91. The Balaban J connectivity index is 1.30. The summed E-state index contributed by atoms with van der Waals surface area (Å²) in [6, 6.07) is 27.2. The van der Waals surface area contributed by atoms with Crippen molar-refractivity contribution in [2.24, 2.45) is 0 Å². The summed E-state index contributed by atoms with van der Waals surface area (Å²) in [6.07, 6.45) is 2.37. The lowest BCUT2D eigenvalue weighted by molar-refractivity contribution is 0.100. The SMILES string of the molecule is Cc1c(-c2ccc3c(OC4CC(c5ccccc5)C4)ccc(C)c3n2)oc2ccccc12. The Labute approximate surface area is 187 Å². The van der Waals surface area contributed by atoms with Crippen molar-refractivity contribution in [3.63, 3.8) is 0 Å². The second-order valence-corrected chi connectivity index (χ2v) is 8.84. The number of furan rings is 1. The second kappa shape index (κ2) is 7.52. The molecular weight excluding hydrogens is 394 g/mol. The first kappa shape index (κ1) is 19.1. The molecule has 0 atom stereocenters. The number of hydrogen-bond donors (Lipinski definition) is 0. The van der Waals surface area contributed by atoms with Crippen molar-refractivity contribution >= 4 is 21.9 Å². The molecule has 3 nitrogen and oxygen atoms in total. The Bertz CT molecular complexity index is 1430. The smallest absolute Gasteiger partial charge is 0.156 e. The zero-order valence-electron chi connectivity index (χ0n) is 18.3. The largest absolute Gasteiger partial charge is 0.490 e. The van der Waals surface area contributed by atoms with Crippen molar-refractivity contribution in [3.05, 3.63) is 95.6 Å². The van der Waals surface area contributed by atoms with Gasteiger partial charge in [0.05, 0.1) is 11.6 Å². The van der Waals surface area contributed by atoms with Crippen LogP contribution in [0.3, 0.4) is 0 Å². The number of aryl methyl sites for hydroxylation is 2. The van der Waals surface area contributed by atoms with E-state index in [0.717, 1.165) is 63.0 Å². The van der Waals surface area contributed by atoms with E-state index in [2.05, 4.69) is 68.4 Å². The van der Waals surface area contributed by atoms with Crippen LogP contribution in [0.15, 0.2) is 83.3 Å². The van der Waals surface area contributed by atoms with Gasteiger partial charge >= 0.3 is 0 Å². The molecule has 32 heavy (non-hydrogen) atoms. The summed E-state index contributed by atoms with van der Waals surface area (Å²) >= 11 is 0. The topological polar surface area (TPSA) is 35.3 Å². The molecule has 158 valence electrons. The number of hydrogen-bond acceptors (Lipinski definition) is 3. The number of pyridine rings is 1. The molecule has 1 fully saturated rings. The van der Waals surface area contributed by atoms with Gasteiger partial charge in [-0.2, -0.15) is 0 Å². The van der Waals surface area contributed by atoms with Crippen LogP contribution in [0.1, 0.15) is 35.4 Å². The Morgan fingerprint density at radius 1 is 0.812 bits per heavy atom. The van der Waals surface area contributed by atoms with Crippen molar-refractivity contribution in [2.45, 2.75) is 38.7 Å². The average molecular weight is 420 g/mol. The summed E-state index contributed by atoms with van der Waals surface area (Å²) in [6.45, 7) is 4.20. The summed E-state index contributed by atoms with van der Waals surface area (Å²) in [5.74, 6) is 2.35. The Morgan fingerprint density at radius 3 is 2.41 bits per heavy atom. The van der Waals surface area contributed by atoms with Gasteiger partial charge in [-0.05, 0) is 68.0 Å². The first-order valence-corrected chi connectivity index (χ1v) is 11.3. The normalized spacial score (nSPS) is 18.1. The first-order chi connectivity index (χ1) is 15.7. The predicted octanol–water partition coefficient (Wildman–Crippen LogP) is 7.59. The quantitative estimate of drug-likeness (QED) is 0.301. The van der Waals surface area contributed by atoms with Crippen molar-refractivity contribution in [3.8, 4) is 17.2 Å². The van der Waals surface area contributed by atoms with Crippen molar-refractivity contribution in [1.82, 2.24) is 4.98 Å². The summed E-state index contributed by atoms with van der Waals surface area (Å²) in [5.41, 5.74) is 6.40. The standard InChI is InChI=1S/C29H25NO2/c1-18-12-15-27(31-22-16-21(17-22)20-8-4-3-5-9-20)24-13-14-25(30-28(18)24)29-19(2)23-10-6-7-11-26(23)32-29/h3-15,21-22H,16-17H2,1-2H3. The van der Waals surface area contributed by atoms with Crippen molar-refractivity contribution in [2.75, 3.05) is 0 Å². The van der Waals surface area contributed by atoms with Crippen LogP contribution in [0.2, 0.25) is 0 Å². The van der Waals surface area contributed by atoms with Gasteiger partial charge in [0.15, 0.2) is 5.76 Å². The molecule has 0 aliphatic heterocycles. The van der Waals surface area contributed by atoms with Crippen LogP contribution in [-0.4, -0.2) is 11.1 Å². The van der Waals surface area contributed by atoms with E-state index in [0.29, 0.717) is 5.92 Å². The van der Waals surface area contributed by atoms with Crippen LogP contribution < -0.4 is 4.74 Å². The van der Waals surface area contributed by atoms with E-state index in [4.69, 9.17) is 14.1 Å². The van der Waals surface area contributed by atoms with Gasteiger partial charge in [-0.15, -0.1) is 0 Å². The van der Waals surface area contributed by atoms with Crippen LogP contribution in [0.25, 0.3) is 33.3 Å². The molecule has 0 spiro atoms. The van der Waals surface area contributed by atoms with Gasteiger partial charge in [0.1, 0.15) is 17.0 Å². The fraction of sp³-hybridized carbons (Fsp3) is 0.207. The van der Waals surface area contributed by atoms with Crippen LogP contribution in [-0.2, 0) is 0 Å². The number of aromatic nitrogens is 1. The molecule has 1 aliphatic rings. The number of rotatable bonds is 4. The molecular formula is C29H25NO2. The number of ether oxygens (including phenoxy) is 1.